The largest absolute Gasteiger partial charge is 0.490 e. The third-order valence-corrected chi connectivity index (χ3v) is 6.84. The molecule has 0 radical (unpaired) electrons. The number of rotatable bonds is 10. The molecule has 3 rings (SSSR count). The Morgan fingerprint density at radius 1 is 1.11 bits per heavy atom. The summed E-state index contributed by atoms with van der Waals surface area (Å²) in [7, 11) is 0. The number of aryl methyl sites for hydroxylation is 1. The third-order valence-electron chi connectivity index (χ3n) is 5.15. The number of anilines is 1. The molecule has 1 saturated heterocycles. The van der Waals surface area contributed by atoms with E-state index >= 15 is 0 Å². The Balaban J connectivity index is 1.77. The first kappa shape index (κ1) is 28.5. The number of nitrogens with one attached hydrogen (secondary N) is 1. The number of halogens is 1. The number of benzene rings is 2. The maximum atomic E-state index is 12.9. The van der Waals surface area contributed by atoms with E-state index in [9.17, 15) is 19.2 Å². The maximum absolute atomic E-state index is 12.9. The molecule has 0 aliphatic carbocycles. The predicted molar refractivity (Wildman–Crippen MR) is 150 cm³/mol. The van der Waals surface area contributed by atoms with Gasteiger partial charge in [0.2, 0.25) is 0 Å². The van der Waals surface area contributed by atoms with Gasteiger partial charge in [0.25, 0.3) is 17.1 Å². The fourth-order valence-electron chi connectivity index (χ4n) is 3.38. The first-order valence-electron chi connectivity index (χ1n) is 11.5. The highest BCUT2D eigenvalue weighted by atomic mass is 127. The van der Waals surface area contributed by atoms with Crippen molar-refractivity contribution in [2.24, 2.45) is 0 Å². The van der Waals surface area contributed by atoms with Crippen LogP contribution in [0.15, 0.2) is 41.3 Å². The molecular formula is C26H27IN2O7S. The van der Waals surface area contributed by atoms with Gasteiger partial charge in [0.15, 0.2) is 18.1 Å². The molecule has 3 amide bonds. The van der Waals surface area contributed by atoms with Crippen LogP contribution in [0, 0.1) is 10.5 Å². The minimum atomic E-state index is -1.03. The minimum Gasteiger partial charge on any atom is -0.490 e. The van der Waals surface area contributed by atoms with E-state index in [0.717, 1.165) is 22.2 Å². The second-order valence-corrected chi connectivity index (χ2v) is 10.1. The van der Waals surface area contributed by atoms with Crippen LogP contribution in [-0.4, -0.2) is 53.8 Å². The highest BCUT2D eigenvalue weighted by Gasteiger charge is 2.41. The highest BCUT2D eigenvalue weighted by molar-refractivity contribution is 14.1. The van der Waals surface area contributed by atoms with Crippen LogP contribution in [0.3, 0.4) is 0 Å². The number of nitrogens with zero attached hydrogens (tertiary/aromatic N) is 1. The lowest BCUT2D eigenvalue weighted by Gasteiger charge is -2.19. The van der Waals surface area contributed by atoms with Crippen molar-refractivity contribution in [2.75, 3.05) is 25.1 Å². The van der Waals surface area contributed by atoms with Gasteiger partial charge in [-0.05, 0) is 98.0 Å². The quantitative estimate of drug-likeness (QED) is 0.220. The number of hydrogen-bond acceptors (Lipinski definition) is 8. The second kappa shape index (κ2) is 13.0. The molecule has 9 nitrogen and oxygen atoms in total. The number of hydrogen-bond donors (Lipinski definition) is 1. The maximum Gasteiger partial charge on any atom is 0.329 e. The van der Waals surface area contributed by atoms with E-state index in [1.807, 2.05) is 38.1 Å². The molecule has 0 unspecified atom stereocenters. The van der Waals surface area contributed by atoms with Gasteiger partial charge in [-0.1, -0.05) is 17.7 Å². The Kier molecular flexibility index (Phi) is 9.98. The summed E-state index contributed by atoms with van der Waals surface area (Å²) in [6, 6.07) is 9.81. The van der Waals surface area contributed by atoms with E-state index in [1.165, 1.54) is 6.92 Å². The fourth-order valence-corrected chi connectivity index (χ4v) is 5.07. The van der Waals surface area contributed by atoms with E-state index in [2.05, 4.69) is 27.9 Å². The zero-order chi connectivity index (χ0) is 27.1. The van der Waals surface area contributed by atoms with Gasteiger partial charge in [0.1, 0.15) is 6.04 Å². The van der Waals surface area contributed by atoms with E-state index in [4.69, 9.17) is 14.2 Å². The molecule has 0 aromatic heterocycles. The van der Waals surface area contributed by atoms with Gasteiger partial charge < -0.3 is 19.5 Å². The lowest BCUT2D eigenvalue weighted by atomic mass is 10.1. The Morgan fingerprint density at radius 3 is 2.46 bits per heavy atom. The third kappa shape index (κ3) is 7.25. The van der Waals surface area contributed by atoms with Crippen LogP contribution in [0.1, 0.15) is 31.9 Å². The molecule has 1 heterocycles. The summed E-state index contributed by atoms with van der Waals surface area (Å²) in [5.74, 6) is -0.759. The lowest BCUT2D eigenvalue weighted by molar-refractivity contribution is -0.150. The summed E-state index contributed by atoms with van der Waals surface area (Å²) >= 11 is 2.81. The predicted octanol–water partition coefficient (Wildman–Crippen LogP) is 5.00. The summed E-state index contributed by atoms with van der Waals surface area (Å²) in [6.07, 6.45) is 1.56. The topological polar surface area (TPSA) is 111 Å². The number of amides is 3. The Hall–Kier alpha value is -3.06. The van der Waals surface area contributed by atoms with Crippen molar-refractivity contribution < 1.29 is 33.4 Å². The summed E-state index contributed by atoms with van der Waals surface area (Å²) in [5.41, 5.74) is 2.35. The average molecular weight is 638 g/mol. The number of esters is 1. The zero-order valence-corrected chi connectivity index (χ0v) is 23.8. The van der Waals surface area contributed by atoms with Crippen molar-refractivity contribution in [1.82, 2.24) is 4.90 Å². The van der Waals surface area contributed by atoms with Gasteiger partial charge in [0.05, 0.1) is 21.7 Å². The summed E-state index contributed by atoms with van der Waals surface area (Å²) in [4.78, 5) is 50.9. The normalized spacial score (nSPS) is 15.1. The SMILES string of the molecule is CCOC(=O)[C@H](C)N1C(=O)S/C(=C/c2cc(I)c(OCC(=O)Nc3ccc(C)cc3)c(OCC)c2)C1=O. The Labute approximate surface area is 233 Å². The molecule has 1 fully saturated rings. The summed E-state index contributed by atoms with van der Waals surface area (Å²) in [6.45, 7) is 7.15. The monoisotopic (exact) mass is 638 g/mol. The van der Waals surface area contributed by atoms with E-state index in [1.54, 1.807) is 25.1 Å². The van der Waals surface area contributed by atoms with Gasteiger partial charge in [0, 0.05) is 5.69 Å². The van der Waals surface area contributed by atoms with Crippen LogP contribution >= 0.6 is 34.4 Å². The van der Waals surface area contributed by atoms with Crippen LogP contribution in [0.4, 0.5) is 10.5 Å². The van der Waals surface area contributed by atoms with E-state index < -0.39 is 23.2 Å². The summed E-state index contributed by atoms with van der Waals surface area (Å²) < 4.78 is 17.1. The van der Waals surface area contributed by atoms with Gasteiger partial charge >= 0.3 is 5.97 Å². The molecule has 1 atom stereocenters. The van der Waals surface area contributed by atoms with Gasteiger partial charge in [-0.3, -0.25) is 19.3 Å². The van der Waals surface area contributed by atoms with Crippen molar-refractivity contribution in [3.63, 3.8) is 0 Å². The Morgan fingerprint density at radius 2 is 1.81 bits per heavy atom. The van der Waals surface area contributed by atoms with Gasteiger partial charge in [-0.2, -0.15) is 0 Å². The smallest absolute Gasteiger partial charge is 0.329 e. The molecule has 0 spiro atoms. The number of carbonyl (C=O) groups excluding carboxylic acids is 4. The number of ether oxygens (including phenoxy) is 3. The first-order chi connectivity index (χ1) is 17.6. The number of imide groups is 1. The molecule has 1 N–H and O–H groups in total. The van der Waals surface area contributed by atoms with Crippen LogP contribution in [0.25, 0.3) is 6.08 Å². The van der Waals surface area contributed by atoms with Crippen LogP contribution in [-0.2, 0) is 19.1 Å². The fraction of sp³-hybridized carbons (Fsp3) is 0.308. The summed E-state index contributed by atoms with van der Waals surface area (Å²) in [5, 5.41) is 2.24. The second-order valence-electron chi connectivity index (χ2n) is 7.95. The van der Waals surface area contributed by atoms with Crippen LogP contribution in [0.5, 0.6) is 11.5 Å². The van der Waals surface area contributed by atoms with E-state index in [-0.39, 0.29) is 24.0 Å². The molecule has 2 aromatic carbocycles. The van der Waals surface area contributed by atoms with Crippen molar-refractivity contribution in [1.29, 1.82) is 0 Å². The molecular weight excluding hydrogens is 611 g/mol. The molecule has 1 aliphatic heterocycles. The molecule has 2 aromatic rings. The number of thioether (sulfide) groups is 1. The number of carbonyl (C=O) groups is 4. The molecule has 196 valence electrons. The lowest BCUT2D eigenvalue weighted by Crippen LogP contribution is -2.42. The Bertz CT molecular complexity index is 1230. The van der Waals surface area contributed by atoms with Crippen LogP contribution in [0.2, 0.25) is 0 Å². The van der Waals surface area contributed by atoms with Crippen molar-refractivity contribution >= 4 is 69.1 Å². The van der Waals surface area contributed by atoms with E-state index in [0.29, 0.717) is 32.9 Å². The standard InChI is InChI=1S/C26H27IN2O7S/c1-5-34-20-12-17(13-21-24(31)29(26(33)37-21)16(4)25(32)35-6-2)11-19(27)23(20)36-14-22(30)28-18-9-7-15(3)8-10-18/h7-13,16H,5-6,14H2,1-4H3,(H,28,30)/b21-13+/t16-/m0/s1. The van der Waals surface area contributed by atoms with Crippen LogP contribution < -0.4 is 14.8 Å². The van der Waals surface area contributed by atoms with Crippen molar-refractivity contribution in [3.8, 4) is 11.5 Å². The van der Waals surface area contributed by atoms with Crippen molar-refractivity contribution in [3.05, 3.63) is 56.0 Å². The van der Waals surface area contributed by atoms with Gasteiger partial charge in [-0.15, -0.1) is 0 Å². The van der Waals surface area contributed by atoms with Crippen molar-refractivity contribution in [2.45, 2.75) is 33.7 Å². The molecule has 37 heavy (non-hydrogen) atoms. The molecule has 0 saturated carbocycles. The first-order valence-corrected chi connectivity index (χ1v) is 13.4. The molecule has 1 aliphatic rings. The highest BCUT2D eigenvalue weighted by Crippen LogP contribution is 2.38. The molecule has 0 bridgehead atoms. The minimum absolute atomic E-state index is 0.149. The van der Waals surface area contributed by atoms with Gasteiger partial charge in [-0.25, -0.2) is 4.79 Å². The average Bonchev–Trinajstić information content (AvgIpc) is 3.12. The molecule has 11 heteroatoms. The zero-order valence-electron chi connectivity index (χ0n) is 20.8.